The highest BCUT2D eigenvalue weighted by Gasteiger charge is 2.30. The summed E-state index contributed by atoms with van der Waals surface area (Å²) in [5, 5.41) is 28.1. The number of aromatic hydroxyl groups is 1. The molecule has 1 aromatic carbocycles. The summed E-state index contributed by atoms with van der Waals surface area (Å²) in [4.78, 5) is 22.5. The van der Waals surface area contributed by atoms with Crippen molar-refractivity contribution in [1.82, 2.24) is 10.6 Å². The Balaban J connectivity index is 2.53. The minimum absolute atomic E-state index is 0.0468. The van der Waals surface area contributed by atoms with Gasteiger partial charge in [0.1, 0.15) is 5.10 Å². The highest BCUT2D eigenvalue weighted by atomic mass is 16.7. The molecule has 1 aliphatic rings. The number of nitrogens with zero attached hydrogens (tertiary/aromatic N) is 2. The Morgan fingerprint density at radius 2 is 2.17 bits per heavy atom. The van der Waals surface area contributed by atoms with Gasteiger partial charge in [-0.3, -0.25) is 4.79 Å². The van der Waals surface area contributed by atoms with E-state index in [1.165, 1.54) is 20.1 Å². The van der Waals surface area contributed by atoms with Crippen LogP contribution in [0.25, 0.3) is 0 Å². The van der Waals surface area contributed by atoms with Gasteiger partial charge in [0, 0.05) is 11.3 Å². The molecule has 0 amide bonds. The number of benzene rings is 1. The van der Waals surface area contributed by atoms with Gasteiger partial charge in [-0.05, 0) is 31.5 Å². The first-order valence-corrected chi connectivity index (χ1v) is 6.68. The molecule has 0 saturated heterocycles. The summed E-state index contributed by atoms with van der Waals surface area (Å²) in [6.45, 7) is 3.04. The lowest BCUT2D eigenvalue weighted by Gasteiger charge is -2.29. The molecule has 9 nitrogen and oxygen atoms in total. The number of hydrogen-bond donors (Lipinski definition) is 3. The van der Waals surface area contributed by atoms with Crippen LogP contribution in [0, 0.1) is 10.1 Å². The molecule has 0 fully saturated rings. The largest absolute Gasteiger partial charge is 0.504 e. The Bertz CT molecular complexity index is 726. The molecular weight excluding hydrogens is 304 g/mol. The number of hydrogen-bond acceptors (Lipinski definition) is 5. The number of ketones is 1. The van der Waals surface area contributed by atoms with Crippen LogP contribution >= 0.6 is 0 Å². The maximum Gasteiger partial charge on any atom is 0.273 e. The first-order valence-electron chi connectivity index (χ1n) is 6.68. The van der Waals surface area contributed by atoms with Crippen molar-refractivity contribution in [3.63, 3.8) is 0 Å². The molecule has 0 spiro atoms. The van der Waals surface area contributed by atoms with Crippen molar-refractivity contribution in [2.45, 2.75) is 19.9 Å². The molecule has 122 valence electrons. The zero-order valence-corrected chi connectivity index (χ0v) is 12.8. The van der Waals surface area contributed by atoms with Gasteiger partial charge >= 0.3 is 0 Å². The van der Waals surface area contributed by atoms with Gasteiger partial charge in [0.05, 0.1) is 13.2 Å². The molecule has 2 rings (SSSR count). The van der Waals surface area contributed by atoms with Crippen molar-refractivity contribution >= 4 is 11.7 Å². The van der Waals surface area contributed by atoms with Crippen LogP contribution < -0.4 is 15.4 Å². The highest BCUT2D eigenvalue weighted by Crippen LogP contribution is 2.33. The number of rotatable bonds is 4. The number of phenols is 1. The summed E-state index contributed by atoms with van der Waals surface area (Å²) in [5.74, 6) is -0.0835. The van der Waals surface area contributed by atoms with Gasteiger partial charge in [-0.25, -0.2) is 10.1 Å². The molecule has 0 aromatic heterocycles. The maximum absolute atomic E-state index is 12.0. The van der Waals surface area contributed by atoms with E-state index in [-0.39, 0.29) is 23.2 Å². The van der Waals surface area contributed by atoms with Crippen molar-refractivity contribution in [2.75, 3.05) is 7.11 Å². The van der Waals surface area contributed by atoms with Gasteiger partial charge in [-0.2, -0.15) is 0 Å². The van der Waals surface area contributed by atoms with Crippen LogP contribution in [0.2, 0.25) is 0 Å². The van der Waals surface area contributed by atoms with Gasteiger partial charge in [0.25, 0.3) is 5.96 Å². The number of phenolic OH excluding ortho intramolecular Hbond substituents is 1. The molecule has 0 saturated carbocycles. The molecule has 1 unspecified atom stereocenters. The second-order valence-corrected chi connectivity index (χ2v) is 4.91. The van der Waals surface area contributed by atoms with Crippen molar-refractivity contribution in [1.29, 1.82) is 0 Å². The summed E-state index contributed by atoms with van der Waals surface area (Å²) < 4.78 is 5.06. The smallest absolute Gasteiger partial charge is 0.273 e. The van der Waals surface area contributed by atoms with E-state index >= 15 is 0 Å². The number of carbonyl (C=O) groups excluding carboxylic acids is 1. The third-order valence-corrected chi connectivity index (χ3v) is 3.38. The number of ether oxygens (including phenoxy) is 1. The number of guanidine groups is 1. The van der Waals surface area contributed by atoms with E-state index in [9.17, 15) is 20.0 Å². The summed E-state index contributed by atoms with van der Waals surface area (Å²) in [7, 11) is 1.40. The van der Waals surface area contributed by atoms with Gasteiger partial charge in [-0.15, -0.1) is 0 Å². The zero-order chi connectivity index (χ0) is 17.1. The normalized spacial score (nSPS) is 19.1. The van der Waals surface area contributed by atoms with Crippen molar-refractivity contribution in [3.05, 3.63) is 45.1 Å². The zero-order valence-electron chi connectivity index (χ0n) is 12.8. The van der Waals surface area contributed by atoms with E-state index < -0.39 is 11.1 Å². The standard InChI is InChI=1S/C14H16N4O5/c1-7-12(8(2)19)13(16-14(15-7)17-18(21)22)9-4-5-10(20)11(6-9)23-3/h4-6,13,20H,1-3H3,(H2,15,16,17). The number of nitrogens with one attached hydrogen (secondary N) is 2. The summed E-state index contributed by atoms with van der Waals surface area (Å²) in [5.41, 5.74) is 1.48. The second kappa shape index (κ2) is 6.34. The monoisotopic (exact) mass is 320 g/mol. The molecular formula is C14H16N4O5. The third kappa shape index (κ3) is 3.39. The Hall–Kier alpha value is -3.10. The minimum atomic E-state index is -0.837. The molecule has 23 heavy (non-hydrogen) atoms. The van der Waals surface area contributed by atoms with Crippen LogP contribution in [0.1, 0.15) is 25.5 Å². The summed E-state index contributed by atoms with van der Waals surface area (Å²) in [6.07, 6.45) is 0. The molecule has 1 atom stereocenters. The predicted octanol–water partition coefficient (Wildman–Crippen LogP) is 1.05. The quantitative estimate of drug-likeness (QED) is 0.559. The molecule has 0 radical (unpaired) electrons. The number of Topliss-reactive ketones (excluding diaryl/α,β-unsaturated/α-hetero) is 1. The summed E-state index contributed by atoms with van der Waals surface area (Å²) in [6, 6.07) is 3.93. The molecule has 1 aromatic rings. The van der Waals surface area contributed by atoms with Crippen LogP contribution in [0.15, 0.2) is 34.6 Å². The summed E-state index contributed by atoms with van der Waals surface area (Å²) >= 11 is 0. The second-order valence-electron chi connectivity index (χ2n) is 4.91. The fraction of sp³-hybridized carbons (Fsp3) is 0.286. The van der Waals surface area contributed by atoms with Crippen molar-refractivity contribution in [3.8, 4) is 11.5 Å². The number of methoxy groups -OCH3 is 1. The number of hydrazone groups is 1. The lowest BCUT2D eigenvalue weighted by molar-refractivity contribution is -0.485. The fourth-order valence-electron chi connectivity index (χ4n) is 2.43. The van der Waals surface area contributed by atoms with Gasteiger partial charge in [0.2, 0.25) is 0 Å². The topological polar surface area (TPSA) is 126 Å². The lowest BCUT2D eigenvalue weighted by atomic mass is 9.93. The van der Waals surface area contributed by atoms with Crippen molar-refractivity contribution < 1.29 is 19.7 Å². The van der Waals surface area contributed by atoms with E-state index in [1.807, 2.05) is 0 Å². The first kappa shape index (κ1) is 16.3. The van der Waals surface area contributed by atoms with Crippen LogP contribution in [0.4, 0.5) is 0 Å². The van der Waals surface area contributed by atoms with Gasteiger partial charge in [-0.1, -0.05) is 6.07 Å². The van der Waals surface area contributed by atoms with Crippen LogP contribution in [-0.4, -0.2) is 29.0 Å². The fourth-order valence-corrected chi connectivity index (χ4v) is 2.43. The van der Waals surface area contributed by atoms with E-state index in [1.54, 1.807) is 19.1 Å². The van der Waals surface area contributed by atoms with Crippen molar-refractivity contribution in [2.24, 2.45) is 5.10 Å². The Labute approximate surface area is 131 Å². The van der Waals surface area contributed by atoms with E-state index in [2.05, 4.69) is 15.7 Å². The maximum atomic E-state index is 12.0. The molecule has 0 aliphatic carbocycles. The molecule has 0 bridgehead atoms. The molecule has 3 N–H and O–H groups in total. The molecule has 9 heteroatoms. The first-order chi connectivity index (χ1) is 10.8. The van der Waals surface area contributed by atoms with E-state index in [4.69, 9.17) is 4.74 Å². The average molecular weight is 320 g/mol. The van der Waals surface area contributed by atoms with Crippen LogP contribution in [0.3, 0.4) is 0 Å². The minimum Gasteiger partial charge on any atom is -0.504 e. The number of carbonyl (C=O) groups is 1. The van der Waals surface area contributed by atoms with E-state index in [0.717, 1.165) is 0 Å². The average Bonchev–Trinajstić information content (AvgIpc) is 2.45. The SMILES string of the molecule is COc1cc(C2NC(=N[N+](=O)[O-])NC(C)=C2C(C)=O)ccc1O. The predicted molar refractivity (Wildman–Crippen MR) is 81.5 cm³/mol. The third-order valence-electron chi connectivity index (χ3n) is 3.38. The van der Waals surface area contributed by atoms with Gasteiger partial charge < -0.3 is 20.5 Å². The molecule has 1 heterocycles. The highest BCUT2D eigenvalue weighted by molar-refractivity contribution is 5.99. The van der Waals surface area contributed by atoms with E-state index in [0.29, 0.717) is 16.8 Å². The Kier molecular flexibility index (Phi) is 4.49. The van der Waals surface area contributed by atoms with Gasteiger partial charge in [0.15, 0.2) is 22.3 Å². The Morgan fingerprint density at radius 1 is 1.48 bits per heavy atom. The molecule has 1 aliphatic heterocycles. The van der Waals surface area contributed by atoms with Crippen LogP contribution in [-0.2, 0) is 4.79 Å². The number of allylic oxidation sites excluding steroid dienone is 1. The van der Waals surface area contributed by atoms with Crippen LogP contribution in [0.5, 0.6) is 11.5 Å². The lowest BCUT2D eigenvalue weighted by Crippen LogP contribution is -2.46. The number of nitro groups is 1. The Morgan fingerprint density at radius 3 is 2.74 bits per heavy atom.